The van der Waals surface area contributed by atoms with Crippen molar-refractivity contribution in [1.29, 1.82) is 0 Å². The highest BCUT2D eigenvalue weighted by Crippen LogP contribution is 2.57. The largest absolute Gasteiger partial charge is 0.0774 e. The van der Waals surface area contributed by atoms with Crippen molar-refractivity contribution in [3.05, 3.63) is 35.5 Å². The maximum Gasteiger partial charge on any atom is -0.00150 e. The first kappa shape index (κ1) is 13.6. The summed E-state index contributed by atoms with van der Waals surface area (Å²) >= 11 is 0. The summed E-state index contributed by atoms with van der Waals surface area (Å²) in [4.78, 5) is 0. The third-order valence-corrected chi connectivity index (χ3v) is 5.96. The van der Waals surface area contributed by atoms with Crippen molar-refractivity contribution < 1.29 is 0 Å². The molecule has 100 valence electrons. The molecule has 0 saturated heterocycles. The molecule has 0 spiro atoms. The van der Waals surface area contributed by atoms with Crippen LogP contribution in [0.25, 0.3) is 0 Å². The van der Waals surface area contributed by atoms with Crippen LogP contribution in [0.4, 0.5) is 0 Å². The summed E-state index contributed by atoms with van der Waals surface area (Å²) in [5.41, 5.74) is 3.80. The van der Waals surface area contributed by atoms with E-state index in [-0.39, 0.29) is 21.7 Å². The van der Waals surface area contributed by atoms with Crippen molar-refractivity contribution in [1.82, 2.24) is 0 Å². The fourth-order valence-electron chi connectivity index (χ4n) is 2.82. The SMILES string of the molecule is CC1(C)C=C2C=CC(C)(C)C(C)(C)C2=CC1(C)C. The summed E-state index contributed by atoms with van der Waals surface area (Å²) < 4.78 is 0. The van der Waals surface area contributed by atoms with Crippen LogP contribution in [0.1, 0.15) is 55.4 Å². The Hall–Kier alpha value is -0.780. The van der Waals surface area contributed by atoms with Gasteiger partial charge in [0, 0.05) is 0 Å². The van der Waals surface area contributed by atoms with Gasteiger partial charge in [0.2, 0.25) is 0 Å². The van der Waals surface area contributed by atoms with E-state index < -0.39 is 0 Å². The summed E-state index contributed by atoms with van der Waals surface area (Å²) in [5, 5.41) is 0. The smallest absolute Gasteiger partial charge is 0.00150 e. The van der Waals surface area contributed by atoms with E-state index in [0.717, 1.165) is 0 Å². The molecule has 18 heavy (non-hydrogen) atoms. The zero-order chi connectivity index (χ0) is 14.0. The van der Waals surface area contributed by atoms with Crippen LogP contribution in [0.5, 0.6) is 0 Å². The first-order valence-corrected chi connectivity index (χ1v) is 7.07. The standard InChI is InChI=1S/C18H28/c1-15(2)10-9-13-11-16(3,4)17(5,6)12-14(13)18(15,7)8/h9-12H,1-8H3. The fraction of sp³-hybridized carbons (Fsp3) is 0.667. The molecule has 0 atom stereocenters. The Morgan fingerprint density at radius 1 is 0.667 bits per heavy atom. The van der Waals surface area contributed by atoms with E-state index in [0.29, 0.717) is 0 Å². The molecule has 2 rings (SSSR count). The van der Waals surface area contributed by atoms with Crippen molar-refractivity contribution in [2.75, 3.05) is 0 Å². The monoisotopic (exact) mass is 244 g/mol. The zero-order valence-corrected chi connectivity index (χ0v) is 13.3. The molecule has 0 bridgehead atoms. The number of allylic oxidation sites excluding steroid dienone is 6. The minimum atomic E-state index is 0.196. The molecule has 2 aliphatic carbocycles. The Balaban J connectivity index is 2.66. The fourth-order valence-corrected chi connectivity index (χ4v) is 2.82. The van der Waals surface area contributed by atoms with E-state index in [1.807, 2.05) is 0 Å². The molecule has 0 nitrogen and oxygen atoms in total. The second kappa shape index (κ2) is 3.40. The van der Waals surface area contributed by atoms with Crippen molar-refractivity contribution in [3.63, 3.8) is 0 Å². The average Bonchev–Trinajstić information content (AvgIpc) is 2.17. The zero-order valence-electron chi connectivity index (χ0n) is 13.3. The molecule has 0 heterocycles. The van der Waals surface area contributed by atoms with Gasteiger partial charge in [0.05, 0.1) is 0 Å². The second-order valence-corrected chi connectivity index (χ2v) is 8.28. The van der Waals surface area contributed by atoms with Gasteiger partial charge in [0.25, 0.3) is 0 Å². The molecular formula is C18H28. The van der Waals surface area contributed by atoms with Gasteiger partial charge in [-0.1, -0.05) is 79.7 Å². The van der Waals surface area contributed by atoms with Gasteiger partial charge in [-0.3, -0.25) is 0 Å². The normalized spacial score (nSPS) is 30.2. The van der Waals surface area contributed by atoms with Crippen molar-refractivity contribution in [2.45, 2.75) is 55.4 Å². The van der Waals surface area contributed by atoms with Crippen molar-refractivity contribution >= 4 is 0 Å². The van der Waals surface area contributed by atoms with Crippen LogP contribution in [0, 0.1) is 21.7 Å². The summed E-state index contributed by atoms with van der Waals surface area (Å²) in [5.74, 6) is 0. The lowest BCUT2D eigenvalue weighted by Gasteiger charge is -2.51. The average molecular weight is 244 g/mol. The molecule has 0 aromatic rings. The predicted octanol–water partition coefficient (Wildman–Crippen LogP) is 5.53. The highest BCUT2D eigenvalue weighted by Gasteiger charge is 2.46. The molecule has 0 N–H and O–H groups in total. The maximum atomic E-state index is 2.52. The van der Waals surface area contributed by atoms with Gasteiger partial charge < -0.3 is 0 Å². The van der Waals surface area contributed by atoms with Crippen LogP contribution in [0.15, 0.2) is 35.5 Å². The first-order valence-electron chi connectivity index (χ1n) is 7.07. The summed E-state index contributed by atoms with van der Waals surface area (Å²) in [6, 6.07) is 0. The van der Waals surface area contributed by atoms with Crippen molar-refractivity contribution in [2.24, 2.45) is 21.7 Å². The molecular weight excluding hydrogens is 216 g/mol. The Morgan fingerprint density at radius 2 is 1.17 bits per heavy atom. The van der Waals surface area contributed by atoms with Gasteiger partial charge in [-0.05, 0) is 32.8 Å². The van der Waals surface area contributed by atoms with Crippen LogP contribution in [-0.2, 0) is 0 Å². The van der Waals surface area contributed by atoms with Crippen molar-refractivity contribution in [3.8, 4) is 0 Å². The highest BCUT2D eigenvalue weighted by atomic mass is 14.5. The van der Waals surface area contributed by atoms with Crippen LogP contribution in [0.3, 0.4) is 0 Å². The number of hydrogen-bond acceptors (Lipinski definition) is 0. The molecule has 0 aromatic carbocycles. The number of hydrogen-bond donors (Lipinski definition) is 0. The second-order valence-electron chi connectivity index (χ2n) is 8.28. The van der Waals surface area contributed by atoms with Crippen LogP contribution in [-0.4, -0.2) is 0 Å². The first-order chi connectivity index (χ1) is 7.91. The Morgan fingerprint density at radius 3 is 1.72 bits per heavy atom. The molecule has 2 aliphatic rings. The molecule has 0 saturated carbocycles. The summed E-state index contributed by atoms with van der Waals surface area (Å²) in [6.07, 6.45) is 9.70. The molecule has 0 radical (unpaired) electrons. The van der Waals surface area contributed by atoms with Gasteiger partial charge >= 0.3 is 0 Å². The Labute approximate surface area is 113 Å². The third-order valence-electron chi connectivity index (χ3n) is 5.96. The number of rotatable bonds is 0. The minimum absolute atomic E-state index is 0.196. The molecule has 0 heteroatoms. The highest BCUT2D eigenvalue weighted by molar-refractivity contribution is 5.53. The van der Waals surface area contributed by atoms with E-state index in [1.165, 1.54) is 11.1 Å². The summed E-state index contributed by atoms with van der Waals surface area (Å²) in [6.45, 7) is 18.8. The van der Waals surface area contributed by atoms with Gasteiger partial charge in [0.1, 0.15) is 0 Å². The quantitative estimate of drug-likeness (QED) is 0.526. The van der Waals surface area contributed by atoms with E-state index in [1.54, 1.807) is 0 Å². The van der Waals surface area contributed by atoms with E-state index in [9.17, 15) is 0 Å². The van der Waals surface area contributed by atoms with E-state index >= 15 is 0 Å². The summed E-state index contributed by atoms with van der Waals surface area (Å²) in [7, 11) is 0. The molecule has 0 amide bonds. The van der Waals surface area contributed by atoms with Gasteiger partial charge in [-0.2, -0.15) is 0 Å². The third kappa shape index (κ3) is 1.65. The maximum absolute atomic E-state index is 2.52. The van der Waals surface area contributed by atoms with E-state index in [2.05, 4.69) is 79.7 Å². The lowest BCUT2D eigenvalue weighted by atomic mass is 9.53. The topological polar surface area (TPSA) is 0 Å². The van der Waals surface area contributed by atoms with Crippen LogP contribution in [0.2, 0.25) is 0 Å². The number of fused-ring (bicyclic) bond motifs is 1. The van der Waals surface area contributed by atoms with Gasteiger partial charge in [-0.25, -0.2) is 0 Å². The molecule has 0 aromatic heterocycles. The lowest BCUT2D eigenvalue weighted by molar-refractivity contribution is 0.184. The predicted molar refractivity (Wildman–Crippen MR) is 80.4 cm³/mol. The minimum Gasteiger partial charge on any atom is -0.0774 e. The molecule has 0 aliphatic heterocycles. The molecule has 0 unspecified atom stereocenters. The van der Waals surface area contributed by atoms with Gasteiger partial charge in [-0.15, -0.1) is 0 Å². The molecule has 0 fully saturated rings. The van der Waals surface area contributed by atoms with E-state index in [4.69, 9.17) is 0 Å². The Kier molecular flexibility index (Phi) is 2.58. The van der Waals surface area contributed by atoms with Gasteiger partial charge in [0.15, 0.2) is 0 Å². The van der Waals surface area contributed by atoms with Crippen LogP contribution < -0.4 is 0 Å². The van der Waals surface area contributed by atoms with Crippen LogP contribution >= 0.6 is 0 Å². The lowest BCUT2D eigenvalue weighted by Crippen LogP contribution is -2.41. The Bertz CT molecular complexity index is 460.